The zero-order valence-electron chi connectivity index (χ0n) is 15.0. The first-order valence-corrected chi connectivity index (χ1v) is 12.3. The Morgan fingerprint density at radius 3 is 2.73 bits per heavy atom. The van der Waals surface area contributed by atoms with Crippen molar-refractivity contribution in [2.45, 2.75) is 26.3 Å². The largest absolute Gasteiger partial charge is 0.493 e. The molecular weight excluding hydrogens is 388 g/mol. The number of aryl methyl sites for hydroxylation is 1. The highest BCUT2D eigenvalue weighted by atomic mass is 32.2. The molecule has 5 nitrogen and oxygen atoms in total. The lowest BCUT2D eigenvalue weighted by Gasteiger charge is -2.31. The van der Waals surface area contributed by atoms with Crippen LogP contribution in [0.4, 0.5) is 0 Å². The molecule has 2 atom stereocenters. The number of hydrogen-bond donors (Lipinski definition) is 1. The SMILES string of the molecule is CCS(=O)(=O)N[C@H]1CCSC[C@@H]1COc1ccc(-c2ncc(C)s2)cc1. The van der Waals surface area contributed by atoms with Gasteiger partial charge >= 0.3 is 0 Å². The van der Waals surface area contributed by atoms with Gasteiger partial charge < -0.3 is 4.74 Å². The van der Waals surface area contributed by atoms with Crippen molar-refractivity contribution in [1.29, 1.82) is 0 Å². The number of nitrogens with zero attached hydrogens (tertiary/aromatic N) is 1. The summed E-state index contributed by atoms with van der Waals surface area (Å²) in [5.41, 5.74) is 1.08. The topological polar surface area (TPSA) is 68.3 Å². The van der Waals surface area contributed by atoms with E-state index in [4.69, 9.17) is 4.74 Å². The molecule has 26 heavy (non-hydrogen) atoms. The third-order valence-electron chi connectivity index (χ3n) is 4.37. The summed E-state index contributed by atoms with van der Waals surface area (Å²) in [7, 11) is -3.19. The minimum absolute atomic E-state index is 0.0428. The Bertz CT molecular complexity index is 818. The number of aromatic nitrogens is 1. The fraction of sp³-hybridized carbons (Fsp3) is 0.500. The fourth-order valence-electron chi connectivity index (χ4n) is 2.82. The van der Waals surface area contributed by atoms with Crippen LogP contribution in [0.1, 0.15) is 18.2 Å². The first kappa shape index (κ1) is 19.7. The second-order valence-electron chi connectivity index (χ2n) is 6.36. The van der Waals surface area contributed by atoms with Gasteiger partial charge in [0.2, 0.25) is 10.0 Å². The Kier molecular flexibility index (Phi) is 6.60. The number of thiazole rings is 1. The predicted octanol–water partition coefficient (Wildman–Crippen LogP) is 3.56. The van der Waals surface area contributed by atoms with Gasteiger partial charge in [-0.2, -0.15) is 11.8 Å². The van der Waals surface area contributed by atoms with Crippen molar-refractivity contribution in [2.24, 2.45) is 5.92 Å². The molecule has 1 N–H and O–H groups in total. The molecule has 0 amide bonds. The van der Waals surface area contributed by atoms with E-state index in [-0.39, 0.29) is 17.7 Å². The van der Waals surface area contributed by atoms with Gasteiger partial charge in [0.05, 0.1) is 12.4 Å². The highest BCUT2D eigenvalue weighted by Crippen LogP contribution is 2.28. The van der Waals surface area contributed by atoms with Crippen LogP contribution in [0.3, 0.4) is 0 Å². The summed E-state index contributed by atoms with van der Waals surface area (Å²) in [4.78, 5) is 5.59. The Labute approximate surface area is 163 Å². The van der Waals surface area contributed by atoms with E-state index >= 15 is 0 Å². The monoisotopic (exact) mass is 412 g/mol. The minimum Gasteiger partial charge on any atom is -0.493 e. The normalized spacial score (nSPS) is 20.8. The van der Waals surface area contributed by atoms with Gasteiger partial charge in [0.1, 0.15) is 10.8 Å². The van der Waals surface area contributed by atoms with Crippen LogP contribution < -0.4 is 9.46 Å². The van der Waals surface area contributed by atoms with Crippen LogP contribution in [0.5, 0.6) is 5.75 Å². The molecule has 1 aliphatic heterocycles. The van der Waals surface area contributed by atoms with Crippen molar-refractivity contribution in [2.75, 3.05) is 23.9 Å². The van der Waals surface area contributed by atoms with Gasteiger partial charge in [0.15, 0.2) is 0 Å². The number of rotatable bonds is 7. The highest BCUT2D eigenvalue weighted by molar-refractivity contribution is 7.99. The van der Waals surface area contributed by atoms with E-state index in [1.807, 2.05) is 49.1 Å². The van der Waals surface area contributed by atoms with Gasteiger partial charge in [-0.25, -0.2) is 18.1 Å². The van der Waals surface area contributed by atoms with Crippen LogP contribution >= 0.6 is 23.1 Å². The molecule has 1 fully saturated rings. The Morgan fingerprint density at radius 1 is 1.31 bits per heavy atom. The number of nitrogens with one attached hydrogen (secondary N) is 1. The zero-order chi connectivity index (χ0) is 18.6. The molecule has 1 aromatic carbocycles. The van der Waals surface area contributed by atoms with E-state index in [2.05, 4.69) is 9.71 Å². The first-order chi connectivity index (χ1) is 12.5. The van der Waals surface area contributed by atoms with E-state index < -0.39 is 10.0 Å². The van der Waals surface area contributed by atoms with Gasteiger partial charge in [-0.1, -0.05) is 0 Å². The number of sulfonamides is 1. The summed E-state index contributed by atoms with van der Waals surface area (Å²) in [5.74, 6) is 2.98. The molecule has 0 aliphatic carbocycles. The van der Waals surface area contributed by atoms with Gasteiger partial charge in [0, 0.05) is 34.4 Å². The van der Waals surface area contributed by atoms with Gasteiger partial charge in [-0.3, -0.25) is 0 Å². The molecule has 1 saturated heterocycles. The second-order valence-corrected chi connectivity index (χ2v) is 10.8. The third-order valence-corrected chi connectivity index (χ3v) is 7.94. The summed E-state index contributed by atoms with van der Waals surface area (Å²) in [6, 6.07) is 7.89. The molecule has 142 valence electrons. The number of hydrogen-bond acceptors (Lipinski definition) is 6. The van der Waals surface area contributed by atoms with Gasteiger partial charge in [-0.05, 0) is 50.3 Å². The van der Waals surface area contributed by atoms with Crippen LogP contribution in [0.2, 0.25) is 0 Å². The van der Waals surface area contributed by atoms with Crippen LogP contribution in [0.15, 0.2) is 30.5 Å². The first-order valence-electron chi connectivity index (χ1n) is 8.70. The Balaban J connectivity index is 1.60. The van der Waals surface area contributed by atoms with Crippen molar-refractivity contribution in [3.05, 3.63) is 35.3 Å². The van der Waals surface area contributed by atoms with E-state index in [1.54, 1.807) is 18.3 Å². The molecule has 1 aromatic heterocycles. The van der Waals surface area contributed by atoms with Crippen molar-refractivity contribution in [3.63, 3.8) is 0 Å². The summed E-state index contributed by atoms with van der Waals surface area (Å²) < 4.78 is 32.6. The minimum atomic E-state index is -3.19. The molecule has 0 unspecified atom stereocenters. The molecule has 3 rings (SSSR count). The third kappa shape index (κ3) is 5.22. The summed E-state index contributed by atoms with van der Waals surface area (Å²) >= 11 is 3.53. The predicted molar refractivity (Wildman–Crippen MR) is 110 cm³/mol. The smallest absolute Gasteiger partial charge is 0.211 e. The van der Waals surface area contributed by atoms with Crippen molar-refractivity contribution >= 4 is 33.1 Å². The van der Waals surface area contributed by atoms with Gasteiger partial charge in [-0.15, -0.1) is 11.3 Å². The molecular formula is C18H24N2O3S3. The maximum absolute atomic E-state index is 11.9. The average Bonchev–Trinajstić information content (AvgIpc) is 3.07. The molecule has 8 heteroatoms. The van der Waals surface area contributed by atoms with Crippen molar-refractivity contribution in [1.82, 2.24) is 9.71 Å². The van der Waals surface area contributed by atoms with Crippen LogP contribution in [-0.4, -0.2) is 43.3 Å². The zero-order valence-corrected chi connectivity index (χ0v) is 17.4. The summed E-state index contributed by atoms with van der Waals surface area (Å²) in [6.45, 7) is 4.22. The van der Waals surface area contributed by atoms with E-state index in [9.17, 15) is 8.42 Å². The van der Waals surface area contributed by atoms with Gasteiger partial charge in [0.25, 0.3) is 0 Å². The number of benzene rings is 1. The molecule has 0 spiro atoms. The lowest BCUT2D eigenvalue weighted by Crippen LogP contribution is -2.46. The van der Waals surface area contributed by atoms with Crippen molar-refractivity contribution < 1.29 is 13.2 Å². The molecule has 0 bridgehead atoms. The molecule has 2 aromatic rings. The number of thioether (sulfide) groups is 1. The maximum Gasteiger partial charge on any atom is 0.211 e. The average molecular weight is 413 g/mol. The van der Waals surface area contributed by atoms with E-state index in [1.165, 1.54) is 4.88 Å². The quantitative estimate of drug-likeness (QED) is 0.753. The molecule has 1 aliphatic rings. The number of ether oxygens (including phenoxy) is 1. The molecule has 2 heterocycles. The van der Waals surface area contributed by atoms with Crippen molar-refractivity contribution in [3.8, 4) is 16.3 Å². The second kappa shape index (κ2) is 8.73. The lowest BCUT2D eigenvalue weighted by molar-refractivity contribution is 0.229. The maximum atomic E-state index is 11.9. The van der Waals surface area contributed by atoms with E-state index in [0.29, 0.717) is 6.61 Å². The summed E-state index contributed by atoms with van der Waals surface area (Å²) in [6.07, 6.45) is 2.73. The highest BCUT2D eigenvalue weighted by Gasteiger charge is 2.29. The van der Waals surface area contributed by atoms with Crippen LogP contribution in [0, 0.1) is 12.8 Å². The summed E-state index contributed by atoms with van der Waals surface area (Å²) in [5, 5.41) is 1.01. The standard InChI is InChI=1S/C18H24N2O3S3/c1-3-26(21,22)20-17-8-9-24-12-15(17)11-23-16-6-4-14(5-7-16)18-19-10-13(2)25-18/h4-7,10,15,17,20H,3,8-9,11-12H2,1-2H3/t15-,17-/m0/s1. The Morgan fingerprint density at radius 2 is 2.08 bits per heavy atom. The Hall–Kier alpha value is -1.09. The van der Waals surface area contributed by atoms with Crippen LogP contribution in [0.25, 0.3) is 10.6 Å². The van der Waals surface area contributed by atoms with Crippen LogP contribution in [-0.2, 0) is 10.0 Å². The van der Waals surface area contributed by atoms with E-state index in [0.717, 1.165) is 34.2 Å². The molecule has 0 radical (unpaired) electrons. The molecule has 0 saturated carbocycles. The lowest BCUT2D eigenvalue weighted by atomic mass is 10.0. The fourth-order valence-corrected chi connectivity index (χ4v) is 5.74.